The number of nitrogens with two attached hydrogens (primary N) is 1. The molecule has 0 amide bonds. The van der Waals surface area contributed by atoms with Gasteiger partial charge in [0.1, 0.15) is 17.3 Å². The molecule has 0 aliphatic heterocycles. The third-order valence-electron chi connectivity index (χ3n) is 10.5. The molecule has 0 aliphatic rings. The van der Waals surface area contributed by atoms with Gasteiger partial charge in [-0.15, -0.1) is 0 Å². The average molecular weight is 1090 g/mol. The normalized spacial score (nSPS) is 11.6. The Morgan fingerprint density at radius 2 is 0.797 bits per heavy atom. The maximum Gasteiger partial charge on any atom is 0.127 e. The minimum atomic E-state index is -0.000648. The van der Waals surface area contributed by atoms with Gasteiger partial charge >= 0.3 is 0 Å². The molecule has 0 saturated heterocycles. The second-order valence-corrected chi connectivity index (χ2v) is 18.2. The lowest BCUT2D eigenvalue weighted by Crippen LogP contribution is -1.97. The van der Waals surface area contributed by atoms with Gasteiger partial charge in [-0.25, -0.2) is 9.97 Å². The summed E-state index contributed by atoms with van der Waals surface area (Å²) >= 11 is 36.0. The topological polar surface area (TPSA) is 138 Å². The Hall–Kier alpha value is -7.66. The molecular formula is C60H43Cl6N5O3. The molecule has 0 fully saturated rings. The molecule has 0 unspecified atom stereocenters. The molecule has 10 rings (SSSR count). The fraction of sp³-hybridized carbons (Fsp3) is 0. The molecule has 6 aromatic carbocycles. The third kappa shape index (κ3) is 15.4. The quantitative estimate of drug-likeness (QED) is 0.110. The highest BCUT2D eigenvalue weighted by Gasteiger charge is 2.11. The number of halogens is 6. The van der Waals surface area contributed by atoms with Gasteiger partial charge in [0.2, 0.25) is 0 Å². The number of fused-ring (bicyclic) bond motifs is 2. The van der Waals surface area contributed by atoms with Crippen LogP contribution in [0.4, 0.5) is 0 Å². The van der Waals surface area contributed by atoms with Crippen molar-refractivity contribution in [3.63, 3.8) is 0 Å². The molecule has 0 saturated carbocycles. The van der Waals surface area contributed by atoms with Crippen molar-refractivity contribution >= 4 is 139 Å². The van der Waals surface area contributed by atoms with E-state index in [1.54, 1.807) is 91.3 Å². The maximum atomic E-state index is 10.2. The Morgan fingerprint density at radius 3 is 1.34 bits per heavy atom. The van der Waals surface area contributed by atoms with E-state index in [-0.39, 0.29) is 17.3 Å². The van der Waals surface area contributed by atoms with Gasteiger partial charge in [0, 0.05) is 73.8 Å². The van der Waals surface area contributed by atoms with Crippen LogP contribution < -0.4 is 5.73 Å². The van der Waals surface area contributed by atoms with E-state index in [1.165, 1.54) is 12.2 Å². The minimum Gasteiger partial charge on any atom is -0.507 e. The number of pyridine rings is 4. The first-order valence-electron chi connectivity index (χ1n) is 22.5. The molecule has 4 aromatic heterocycles. The van der Waals surface area contributed by atoms with Crippen LogP contribution in [-0.2, 0) is 0 Å². The summed E-state index contributed by atoms with van der Waals surface area (Å²) in [6, 6.07) is 59.2. The van der Waals surface area contributed by atoms with Gasteiger partial charge < -0.3 is 21.1 Å². The number of hydrogen-bond donors (Lipinski definition) is 4. The minimum absolute atomic E-state index is 0.000648. The van der Waals surface area contributed by atoms with E-state index in [4.69, 9.17) is 75.3 Å². The number of rotatable bonds is 8. The van der Waals surface area contributed by atoms with E-state index in [0.717, 1.165) is 33.1 Å². The molecule has 0 aliphatic carbocycles. The number of aliphatic hydroxyl groups excluding tert-OH is 3. The summed E-state index contributed by atoms with van der Waals surface area (Å²) in [5.41, 5.74) is 13.7. The predicted octanol–water partition coefficient (Wildman–Crippen LogP) is 18.2. The van der Waals surface area contributed by atoms with Crippen molar-refractivity contribution in [3.05, 3.63) is 282 Å². The lowest BCUT2D eigenvalue weighted by atomic mass is 10.1. The molecule has 14 heteroatoms. The molecular weight excluding hydrogens is 1050 g/mol. The van der Waals surface area contributed by atoms with Crippen molar-refractivity contribution in [2.24, 2.45) is 5.73 Å². The van der Waals surface area contributed by atoms with E-state index >= 15 is 0 Å². The van der Waals surface area contributed by atoms with Gasteiger partial charge in [-0.1, -0.05) is 167 Å². The molecule has 10 aromatic rings. The van der Waals surface area contributed by atoms with E-state index in [2.05, 4.69) is 19.9 Å². The van der Waals surface area contributed by atoms with E-state index in [1.807, 2.05) is 127 Å². The second-order valence-electron chi connectivity index (χ2n) is 15.7. The smallest absolute Gasteiger partial charge is 0.127 e. The highest BCUT2D eigenvalue weighted by molar-refractivity contribution is 6.37. The number of aliphatic hydroxyl groups is 3. The zero-order chi connectivity index (χ0) is 52.4. The Bertz CT molecular complexity index is 3490. The van der Waals surface area contributed by atoms with Crippen LogP contribution >= 0.6 is 69.6 Å². The van der Waals surface area contributed by atoms with Crippen molar-refractivity contribution in [2.75, 3.05) is 0 Å². The van der Waals surface area contributed by atoms with Crippen molar-refractivity contribution in [2.45, 2.75) is 0 Å². The summed E-state index contributed by atoms with van der Waals surface area (Å²) in [4.78, 5) is 17.2. The van der Waals surface area contributed by atoms with Crippen molar-refractivity contribution in [1.82, 2.24) is 19.9 Å². The first-order chi connectivity index (χ1) is 35.8. The summed E-state index contributed by atoms with van der Waals surface area (Å²) in [6.07, 6.45) is 9.82. The number of benzene rings is 6. The average Bonchev–Trinajstić information content (AvgIpc) is 3.40. The summed E-state index contributed by atoms with van der Waals surface area (Å²) in [7, 11) is 0. The molecule has 8 nitrogen and oxygen atoms in total. The van der Waals surface area contributed by atoms with Crippen LogP contribution in [0.3, 0.4) is 0 Å². The lowest BCUT2D eigenvalue weighted by molar-refractivity contribution is 0.515. The van der Waals surface area contributed by atoms with Crippen LogP contribution in [-0.4, -0.2) is 35.3 Å². The van der Waals surface area contributed by atoms with E-state index in [0.29, 0.717) is 69.6 Å². The number of aromatic nitrogens is 4. The maximum absolute atomic E-state index is 10.2. The molecule has 5 N–H and O–H groups in total. The monoisotopic (exact) mass is 1090 g/mol. The van der Waals surface area contributed by atoms with Gasteiger partial charge in [-0.2, -0.15) is 0 Å². The van der Waals surface area contributed by atoms with Crippen molar-refractivity contribution in [1.29, 1.82) is 0 Å². The fourth-order valence-electron chi connectivity index (χ4n) is 6.93. The van der Waals surface area contributed by atoms with Gasteiger partial charge in [0.05, 0.1) is 59.5 Å². The molecule has 368 valence electrons. The standard InChI is InChI=1S/C17H13ClN2.C17H12ClNO.2C13H9Cl2NO/c18-15-7-3-2-6-14(15)16(19)11-13-10-9-12-5-1-4-8-17(12)20-13;18-15-7-3-2-6-14(15)17(20)11-13-10-9-12-5-1-4-8-16(12)19-13;14-10-5-3-6-11(15)13(10)12(17)8-9-4-1-2-7-16-9;14-9-4-5-12(15)11(7-9)13(17)8-10-3-1-2-6-16-10/h1-11H,19H2;1-11,20H;2*1-8,17H/b16-11+;17-11+;12-8+;13-8+. The summed E-state index contributed by atoms with van der Waals surface area (Å²) in [5.74, 6) is 0.147. The summed E-state index contributed by atoms with van der Waals surface area (Å²) < 4.78 is 0. The van der Waals surface area contributed by atoms with E-state index < -0.39 is 0 Å². The first kappa shape index (κ1) is 54.1. The molecule has 0 spiro atoms. The highest BCUT2D eigenvalue weighted by atomic mass is 35.5. The van der Waals surface area contributed by atoms with Crippen molar-refractivity contribution < 1.29 is 15.3 Å². The highest BCUT2D eigenvalue weighted by Crippen LogP contribution is 2.31. The number of hydrogen-bond acceptors (Lipinski definition) is 8. The summed E-state index contributed by atoms with van der Waals surface area (Å²) in [6.45, 7) is 0. The van der Waals surface area contributed by atoms with Crippen LogP contribution in [0.5, 0.6) is 0 Å². The molecule has 0 bridgehead atoms. The van der Waals surface area contributed by atoms with Crippen LogP contribution in [0.15, 0.2) is 207 Å². The molecule has 0 atom stereocenters. The first-order valence-corrected chi connectivity index (χ1v) is 24.7. The Morgan fingerprint density at radius 1 is 0.365 bits per heavy atom. The van der Waals surface area contributed by atoms with E-state index in [9.17, 15) is 15.3 Å². The zero-order valence-electron chi connectivity index (χ0n) is 38.9. The molecule has 4 heterocycles. The number of nitrogens with zero attached hydrogens (tertiary/aromatic N) is 4. The van der Waals surface area contributed by atoms with Gasteiger partial charge in [-0.05, 0) is 103 Å². The lowest BCUT2D eigenvalue weighted by Gasteiger charge is -2.05. The van der Waals surface area contributed by atoms with Gasteiger partial charge in [0.15, 0.2) is 0 Å². The number of para-hydroxylation sites is 2. The van der Waals surface area contributed by atoms with Gasteiger partial charge in [-0.3, -0.25) is 9.97 Å². The fourth-order valence-corrected chi connectivity index (χ4v) is 8.39. The van der Waals surface area contributed by atoms with Crippen LogP contribution in [0.1, 0.15) is 45.0 Å². The molecule has 0 radical (unpaired) electrons. The van der Waals surface area contributed by atoms with Crippen molar-refractivity contribution in [3.8, 4) is 0 Å². The second kappa shape index (κ2) is 26.9. The third-order valence-corrected chi connectivity index (χ3v) is 12.4. The Kier molecular flexibility index (Phi) is 19.6. The summed E-state index contributed by atoms with van der Waals surface area (Å²) in [5, 5.41) is 35.2. The SMILES string of the molecule is N/C(=C/c1ccc2ccccc2n1)c1ccccc1Cl.O/C(=C/c1ccc2ccccc2n1)c1ccccc1Cl.O/C(=C/c1ccccn1)c1c(Cl)cccc1Cl.O/C(=C/c1ccccn1)c1cc(Cl)ccc1Cl. The van der Waals surface area contributed by atoms with Crippen LogP contribution in [0.2, 0.25) is 30.1 Å². The zero-order valence-corrected chi connectivity index (χ0v) is 43.5. The predicted molar refractivity (Wildman–Crippen MR) is 311 cm³/mol. The Balaban J connectivity index is 0.000000145. The largest absolute Gasteiger partial charge is 0.507 e. The van der Waals surface area contributed by atoms with Crippen LogP contribution in [0, 0.1) is 0 Å². The van der Waals surface area contributed by atoms with Gasteiger partial charge in [0.25, 0.3) is 0 Å². The Labute approximate surface area is 458 Å². The molecule has 74 heavy (non-hydrogen) atoms. The van der Waals surface area contributed by atoms with Crippen LogP contribution in [0.25, 0.3) is 69.1 Å².